The Bertz CT molecular complexity index is 624. The number of hydrogen-bond acceptors (Lipinski definition) is 2. The zero-order valence-electron chi connectivity index (χ0n) is 10.6. The van der Waals surface area contributed by atoms with Gasteiger partial charge in [0.1, 0.15) is 5.69 Å². The smallest absolute Gasteiger partial charge is 0.275 e. The van der Waals surface area contributed by atoms with Crippen molar-refractivity contribution >= 4 is 39.1 Å². The van der Waals surface area contributed by atoms with E-state index in [0.717, 1.165) is 15.7 Å². The van der Waals surface area contributed by atoms with E-state index in [1.54, 1.807) is 4.68 Å². The van der Waals surface area contributed by atoms with Crippen LogP contribution in [0.15, 0.2) is 28.9 Å². The van der Waals surface area contributed by atoms with Gasteiger partial charge in [-0.3, -0.25) is 9.48 Å². The normalized spacial score (nSPS) is 10.5. The molecule has 2 rings (SSSR count). The van der Waals surface area contributed by atoms with Crippen LogP contribution in [0, 0.1) is 6.92 Å². The molecule has 0 aliphatic carbocycles. The molecule has 0 saturated heterocycles. The molecule has 1 aromatic carbocycles. The number of rotatable bonds is 3. The van der Waals surface area contributed by atoms with Crippen LogP contribution in [-0.2, 0) is 6.54 Å². The Morgan fingerprint density at radius 2 is 2.26 bits per heavy atom. The van der Waals surface area contributed by atoms with Gasteiger partial charge in [-0.05, 0) is 37.6 Å². The van der Waals surface area contributed by atoms with Gasteiger partial charge in [0, 0.05) is 16.7 Å². The van der Waals surface area contributed by atoms with E-state index in [-0.39, 0.29) is 5.91 Å². The fourth-order valence-corrected chi connectivity index (χ4v) is 2.48. The monoisotopic (exact) mass is 341 g/mol. The van der Waals surface area contributed by atoms with Crippen LogP contribution in [0.2, 0.25) is 5.02 Å². The third kappa shape index (κ3) is 2.98. The number of benzene rings is 1. The first-order valence-corrected chi connectivity index (χ1v) is 6.98. The van der Waals surface area contributed by atoms with Crippen LogP contribution in [0.25, 0.3) is 0 Å². The van der Waals surface area contributed by atoms with Crippen molar-refractivity contribution in [3.63, 3.8) is 0 Å². The minimum atomic E-state index is -0.255. The molecule has 0 spiro atoms. The second-order valence-corrected chi connectivity index (χ2v) is 5.39. The Labute approximate surface area is 124 Å². The summed E-state index contributed by atoms with van der Waals surface area (Å²) in [5.41, 5.74) is 2.11. The highest BCUT2D eigenvalue weighted by atomic mass is 79.9. The average molecular weight is 343 g/mol. The summed E-state index contributed by atoms with van der Waals surface area (Å²) >= 11 is 9.39. The molecule has 0 aliphatic rings. The van der Waals surface area contributed by atoms with Crippen molar-refractivity contribution in [2.75, 3.05) is 5.32 Å². The fourth-order valence-electron chi connectivity index (χ4n) is 1.78. The van der Waals surface area contributed by atoms with Crippen LogP contribution >= 0.6 is 27.5 Å². The third-order valence-corrected chi connectivity index (χ3v) is 3.52. The zero-order chi connectivity index (χ0) is 14.0. The number of anilines is 1. The van der Waals surface area contributed by atoms with Gasteiger partial charge < -0.3 is 5.32 Å². The van der Waals surface area contributed by atoms with Crippen molar-refractivity contribution in [3.8, 4) is 0 Å². The molecule has 0 unspecified atom stereocenters. The maximum absolute atomic E-state index is 12.2. The molecule has 0 bridgehead atoms. The van der Waals surface area contributed by atoms with E-state index in [9.17, 15) is 4.79 Å². The highest BCUT2D eigenvalue weighted by Crippen LogP contribution is 2.22. The van der Waals surface area contributed by atoms with Gasteiger partial charge in [0.15, 0.2) is 0 Å². The SMILES string of the molecule is CCn1ncc(Cl)c1C(=O)Nc1ccc(Br)cc1C. The maximum atomic E-state index is 12.2. The number of hydrogen-bond donors (Lipinski definition) is 1. The molecule has 0 aliphatic heterocycles. The van der Waals surface area contributed by atoms with E-state index in [2.05, 4.69) is 26.3 Å². The number of nitrogens with zero attached hydrogens (tertiary/aromatic N) is 2. The van der Waals surface area contributed by atoms with E-state index in [1.807, 2.05) is 32.0 Å². The minimum absolute atomic E-state index is 0.255. The van der Waals surface area contributed by atoms with Crippen LogP contribution in [0.4, 0.5) is 5.69 Å². The molecule has 100 valence electrons. The molecule has 2 aromatic rings. The van der Waals surface area contributed by atoms with Gasteiger partial charge in [-0.2, -0.15) is 5.10 Å². The third-order valence-electron chi connectivity index (χ3n) is 2.75. The Hall–Kier alpha value is -1.33. The zero-order valence-corrected chi connectivity index (χ0v) is 12.9. The summed E-state index contributed by atoms with van der Waals surface area (Å²) in [6.07, 6.45) is 1.48. The molecule has 1 N–H and O–H groups in total. The molecule has 6 heteroatoms. The molecular weight excluding hydrogens is 330 g/mol. The van der Waals surface area contributed by atoms with Crippen LogP contribution in [0.1, 0.15) is 23.0 Å². The van der Waals surface area contributed by atoms with Gasteiger partial charge in [0.2, 0.25) is 0 Å². The van der Waals surface area contributed by atoms with Crippen molar-refractivity contribution in [1.82, 2.24) is 9.78 Å². The van der Waals surface area contributed by atoms with Crippen molar-refractivity contribution in [2.24, 2.45) is 0 Å². The van der Waals surface area contributed by atoms with E-state index in [4.69, 9.17) is 11.6 Å². The highest BCUT2D eigenvalue weighted by molar-refractivity contribution is 9.10. The van der Waals surface area contributed by atoms with Crippen molar-refractivity contribution in [1.29, 1.82) is 0 Å². The summed E-state index contributed by atoms with van der Waals surface area (Å²) in [5.74, 6) is -0.255. The Balaban J connectivity index is 2.28. The van der Waals surface area contributed by atoms with Crippen molar-refractivity contribution < 1.29 is 4.79 Å². The summed E-state index contributed by atoms with van der Waals surface area (Å²) < 4.78 is 2.55. The topological polar surface area (TPSA) is 46.9 Å². The average Bonchev–Trinajstić information content (AvgIpc) is 2.74. The lowest BCUT2D eigenvalue weighted by molar-refractivity contribution is 0.101. The molecule has 1 aromatic heterocycles. The summed E-state index contributed by atoms with van der Waals surface area (Å²) in [6.45, 7) is 4.43. The van der Waals surface area contributed by atoms with Crippen molar-refractivity contribution in [2.45, 2.75) is 20.4 Å². The van der Waals surface area contributed by atoms with E-state index < -0.39 is 0 Å². The Morgan fingerprint density at radius 3 is 2.89 bits per heavy atom. The Morgan fingerprint density at radius 1 is 1.53 bits per heavy atom. The van der Waals surface area contributed by atoms with Gasteiger partial charge in [0.05, 0.1) is 11.2 Å². The quantitative estimate of drug-likeness (QED) is 0.920. The lowest BCUT2D eigenvalue weighted by Crippen LogP contribution is -2.18. The molecule has 0 saturated carbocycles. The first kappa shape index (κ1) is 14.1. The molecule has 0 fully saturated rings. The summed E-state index contributed by atoms with van der Waals surface area (Å²) in [4.78, 5) is 12.2. The van der Waals surface area contributed by atoms with Crippen LogP contribution in [0.3, 0.4) is 0 Å². The van der Waals surface area contributed by atoms with Crippen LogP contribution in [0.5, 0.6) is 0 Å². The highest BCUT2D eigenvalue weighted by Gasteiger charge is 2.17. The second-order valence-electron chi connectivity index (χ2n) is 4.07. The molecule has 1 heterocycles. The van der Waals surface area contributed by atoms with Crippen LogP contribution in [-0.4, -0.2) is 15.7 Å². The molecule has 19 heavy (non-hydrogen) atoms. The van der Waals surface area contributed by atoms with Gasteiger partial charge in [0.25, 0.3) is 5.91 Å². The molecule has 1 amide bonds. The number of aryl methyl sites for hydroxylation is 2. The Kier molecular flexibility index (Phi) is 4.27. The number of carbonyl (C=O) groups is 1. The first-order chi connectivity index (χ1) is 9.02. The van der Waals surface area contributed by atoms with Gasteiger partial charge in [-0.15, -0.1) is 0 Å². The predicted molar refractivity (Wildman–Crippen MR) is 79.7 cm³/mol. The lowest BCUT2D eigenvalue weighted by Gasteiger charge is -2.10. The molecular formula is C13H13BrClN3O. The summed E-state index contributed by atoms with van der Waals surface area (Å²) in [6, 6.07) is 5.66. The van der Waals surface area contributed by atoms with E-state index in [1.165, 1.54) is 6.20 Å². The number of halogens is 2. The predicted octanol–water partition coefficient (Wildman–Crippen LogP) is 3.88. The largest absolute Gasteiger partial charge is 0.320 e. The maximum Gasteiger partial charge on any atom is 0.275 e. The summed E-state index contributed by atoms with van der Waals surface area (Å²) in [7, 11) is 0. The first-order valence-electron chi connectivity index (χ1n) is 5.81. The van der Waals surface area contributed by atoms with Gasteiger partial charge >= 0.3 is 0 Å². The van der Waals surface area contributed by atoms with E-state index in [0.29, 0.717) is 17.3 Å². The van der Waals surface area contributed by atoms with Gasteiger partial charge in [-0.1, -0.05) is 27.5 Å². The van der Waals surface area contributed by atoms with Crippen molar-refractivity contribution in [3.05, 3.63) is 45.1 Å². The minimum Gasteiger partial charge on any atom is -0.320 e. The van der Waals surface area contributed by atoms with E-state index >= 15 is 0 Å². The second kappa shape index (κ2) is 5.75. The molecule has 0 atom stereocenters. The number of carbonyl (C=O) groups excluding carboxylic acids is 1. The number of amides is 1. The van der Waals surface area contributed by atoms with Crippen LogP contribution < -0.4 is 5.32 Å². The number of nitrogens with one attached hydrogen (secondary N) is 1. The van der Waals surface area contributed by atoms with Gasteiger partial charge in [-0.25, -0.2) is 0 Å². The number of aromatic nitrogens is 2. The molecule has 0 radical (unpaired) electrons. The lowest BCUT2D eigenvalue weighted by atomic mass is 10.2. The summed E-state index contributed by atoms with van der Waals surface area (Å²) in [5, 5.41) is 7.26. The molecule has 4 nitrogen and oxygen atoms in total. The standard InChI is InChI=1S/C13H13BrClN3O/c1-3-18-12(10(15)7-16-18)13(19)17-11-5-4-9(14)6-8(11)2/h4-7H,3H2,1-2H3,(H,17,19). The fraction of sp³-hybridized carbons (Fsp3) is 0.231.